The number of hydrogen-bond acceptors (Lipinski definition) is 5. The SMILES string of the molecule is COc1ccc(OC(=O)c2ccc(OC=O)cc2)cc1. The van der Waals surface area contributed by atoms with Crippen molar-refractivity contribution in [1.82, 2.24) is 0 Å². The second-order valence-corrected chi connectivity index (χ2v) is 3.80. The van der Waals surface area contributed by atoms with Crippen molar-refractivity contribution in [3.8, 4) is 17.2 Å². The van der Waals surface area contributed by atoms with Gasteiger partial charge in [0.05, 0.1) is 12.7 Å². The van der Waals surface area contributed by atoms with E-state index in [1.165, 1.54) is 24.3 Å². The van der Waals surface area contributed by atoms with Crippen LogP contribution >= 0.6 is 0 Å². The van der Waals surface area contributed by atoms with Gasteiger partial charge in [-0.15, -0.1) is 0 Å². The molecule has 2 aromatic carbocycles. The van der Waals surface area contributed by atoms with Crippen LogP contribution in [-0.2, 0) is 4.79 Å². The molecule has 0 bridgehead atoms. The first-order valence-electron chi connectivity index (χ1n) is 5.79. The van der Waals surface area contributed by atoms with E-state index in [1.54, 1.807) is 31.4 Å². The van der Waals surface area contributed by atoms with Crippen molar-refractivity contribution < 1.29 is 23.8 Å². The molecule has 0 aliphatic rings. The maximum atomic E-state index is 11.9. The molecule has 0 saturated carbocycles. The Hall–Kier alpha value is -2.82. The Morgan fingerprint density at radius 2 is 1.45 bits per heavy atom. The fraction of sp³-hybridized carbons (Fsp3) is 0.0667. The molecule has 0 fully saturated rings. The summed E-state index contributed by atoms with van der Waals surface area (Å²) in [6, 6.07) is 12.7. The molecular formula is C15H12O5. The molecule has 0 saturated heterocycles. The van der Waals surface area contributed by atoms with E-state index >= 15 is 0 Å². The minimum absolute atomic E-state index is 0.324. The molecule has 2 rings (SSSR count). The van der Waals surface area contributed by atoms with E-state index in [0.29, 0.717) is 29.3 Å². The van der Waals surface area contributed by atoms with Gasteiger partial charge in [0.15, 0.2) is 0 Å². The molecule has 5 heteroatoms. The third-order valence-corrected chi connectivity index (χ3v) is 2.54. The van der Waals surface area contributed by atoms with Crippen molar-refractivity contribution in [2.24, 2.45) is 0 Å². The van der Waals surface area contributed by atoms with Gasteiger partial charge in [-0.3, -0.25) is 4.79 Å². The van der Waals surface area contributed by atoms with Gasteiger partial charge in [-0.25, -0.2) is 4.79 Å². The van der Waals surface area contributed by atoms with E-state index < -0.39 is 5.97 Å². The van der Waals surface area contributed by atoms with E-state index in [1.807, 2.05) is 0 Å². The number of ether oxygens (including phenoxy) is 3. The molecule has 0 aliphatic carbocycles. The molecule has 2 aromatic rings. The van der Waals surface area contributed by atoms with Gasteiger partial charge in [0.1, 0.15) is 17.2 Å². The van der Waals surface area contributed by atoms with Gasteiger partial charge < -0.3 is 14.2 Å². The Labute approximate surface area is 115 Å². The minimum Gasteiger partial charge on any atom is -0.497 e. The molecule has 0 atom stereocenters. The van der Waals surface area contributed by atoms with Crippen molar-refractivity contribution in [1.29, 1.82) is 0 Å². The quantitative estimate of drug-likeness (QED) is 0.475. The lowest BCUT2D eigenvalue weighted by Gasteiger charge is -2.05. The second-order valence-electron chi connectivity index (χ2n) is 3.80. The van der Waals surface area contributed by atoms with Gasteiger partial charge >= 0.3 is 5.97 Å². The molecule has 102 valence electrons. The normalized spacial score (nSPS) is 9.65. The summed E-state index contributed by atoms with van der Waals surface area (Å²) in [5.74, 6) is 0.970. The average Bonchev–Trinajstić information content (AvgIpc) is 2.49. The standard InChI is InChI=1S/C15H12O5/c1-18-12-6-8-14(9-7-12)20-15(17)11-2-4-13(5-3-11)19-10-16/h2-10H,1H3. The molecule has 0 amide bonds. The highest BCUT2D eigenvalue weighted by molar-refractivity contribution is 5.91. The number of rotatable bonds is 5. The zero-order valence-electron chi connectivity index (χ0n) is 10.7. The number of methoxy groups -OCH3 is 1. The fourth-order valence-corrected chi connectivity index (χ4v) is 1.53. The molecular weight excluding hydrogens is 260 g/mol. The van der Waals surface area contributed by atoms with Crippen LogP contribution in [0.2, 0.25) is 0 Å². The van der Waals surface area contributed by atoms with E-state index in [2.05, 4.69) is 4.74 Å². The highest BCUT2D eigenvalue weighted by atomic mass is 16.5. The van der Waals surface area contributed by atoms with Crippen molar-refractivity contribution in [2.75, 3.05) is 7.11 Å². The summed E-state index contributed by atoms with van der Waals surface area (Å²) in [5.41, 5.74) is 0.360. The van der Waals surface area contributed by atoms with Crippen LogP contribution in [0.1, 0.15) is 10.4 Å². The average molecular weight is 272 g/mol. The third kappa shape index (κ3) is 3.35. The summed E-state index contributed by atoms with van der Waals surface area (Å²) >= 11 is 0. The number of carbonyl (C=O) groups is 2. The molecule has 0 aromatic heterocycles. The van der Waals surface area contributed by atoms with Crippen LogP contribution in [0, 0.1) is 0 Å². The van der Waals surface area contributed by atoms with Crippen LogP contribution in [0.15, 0.2) is 48.5 Å². The second kappa shape index (κ2) is 6.38. The zero-order valence-corrected chi connectivity index (χ0v) is 10.7. The zero-order chi connectivity index (χ0) is 14.4. The molecule has 0 spiro atoms. The summed E-state index contributed by atoms with van der Waals surface area (Å²) in [4.78, 5) is 22.0. The lowest BCUT2D eigenvalue weighted by Crippen LogP contribution is -2.08. The summed E-state index contributed by atoms with van der Waals surface area (Å²) < 4.78 is 14.8. The Morgan fingerprint density at radius 3 is 2.00 bits per heavy atom. The van der Waals surface area contributed by atoms with Crippen molar-refractivity contribution >= 4 is 12.4 Å². The lowest BCUT2D eigenvalue weighted by atomic mass is 10.2. The molecule has 0 radical (unpaired) electrons. The first-order chi connectivity index (χ1) is 9.72. The predicted molar refractivity (Wildman–Crippen MR) is 71.1 cm³/mol. The molecule has 5 nitrogen and oxygen atoms in total. The van der Waals surface area contributed by atoms with E-state index in [-0.39, 0.29) is 0 Å². The molecule has 0 N–H and O–H groups in total. The predicted octanol–water partition coefficient (Wildman–Crippen LogP) is 2.45. The van der Waals surface area contributed by atoms with Crippen LogP contribution in [-0.4, -0.2) is 19.6 Å². The topological polar surface area (TPSA) is 61.8 Å². The summed E-state index contributed by atoms with van der Waals surface area (Å²) in [5, 5.41) is 0. The van der Waals surface area contributed by atoms with Crippen LogP contribution < -0.4 is 14.2 Å². The van der Waals surface area contributed by atoms with Gasteiger partial charge in [0.2, 0.25) is 0 Å². The van der Waals surface area contributed by atoms with Crippen LogP contribution in [0.25, 0.3) is 0 Å². The monoisotopic (exact) mass is 272 g/mol. The molecule has 0 unspecified atom stereocenters. The minimum atomic E-state index is -0.493. The van der Waals surface area contributed by atoms with Gasteiger partial charge in [-0.05, 0) is 48.5 Å². The van der Waals surface area contributed by atoms with Crippen LogP contribution in [0.4, 0.5) is 0 Å². The van der Waals surface area contributed by atoms with Gasteiger partial charge in [-0.2, -0.15) is 0 Å². The smallest absolute Gasteiger partial charge is 0.343 e. The first-order valence-corrected chi connectivity index (χ1v) is 5.79. The Balaban J connectivity index is 2.04. The molecule has 20 heavy (non-hydrogen) atoms. The van der Waals surface area contributed by atoms with Crippen molar-refractivity contribution in [3.05, 3.63) is 54.1 Å². The lowest BCUT2D eigenvalue weighted by molar-refractivity contribution is -0.120. The van der Waals surface area contributed by atoms with Gasteiger partial charge in [-0.1, -0.05) is 0 Å². The van der Waals surface area contributed by atoms with Crippen LogP contribution in [0.5, 0.6) is 17.2 Å². The highest BCUT2D eigenvalue weighted by Crippen LogP contribution is 2.19. The van der Waals surface area contributed by atoms with Gasteiger partial charge in [0, 0.05) is 0 Å². The van der Waals surface area contributed by atoms with E-state index in [4.69, 9.17) is 9.47 Å². The Morgan fingerprint density at radius 1 is 0.900 bits per heavy atom. The number of esters is 1. The van der Waals surface area contributed by atoms with Crippen molar-refractivity contribution in [2.45, 2.75) is 0 Å². The summed E-state index contributed by atoms with van der Waals surface area (Å²) in [6.45, 7) is 0.324. The Kier molecular flexibility index (Phi) is 4.34. The number of carbonyl (C=O) groups excluding carboxylic acids is 2. The van der Waals surface area contributed by atoms with Crippen molar-refractivity contribution in [3.63, 3.8) is 0 Å². The van der Waals surface area contributed by atoms with Crippen LogP contribution in [0.3, 0.4) is 0 Å². The Bertz CT molecular complexity index is 587. The number of hydrogen-bond donors (Lipinski definition) is 0. The number of benzene rings is 2. The fourth-order valence-electron chi connectivity index (χ4n) is 1.53. The van der Waals surface area contributed by atoms with E-state index in [0.717, 1.165) is 0 Å². The van der Waals surface area contributed by atoms with Gasteiger partial charge in [0.25, 0.3) is 6.47 Å². The highest BCUT2D eigenvalue weighted by Gasteiger charge is 2.08. The summed E-state index contributed by atoms with van der Waals surface area (Å²) in [7, 11) is 1.56. The summed E-state index contributed by atoms with van der Waals surface area (Å²) in [6.07, 6.45) is 0. The third-order valence-electron chi connectivity index (χ3n) is 2.54. The molecule has 0 aliphatic heterocycles. The maximum Gasteiger partial charge on any atom is 0.343 e. The largest absolute Gasteiger partial charge is 0.497 e. The first kappa shape index (κ1) is 13.6. The molecule has 0 heterocycles. The maximum absolute atomic E-state index is 11.9. The van der Waals surface area contributed by atoms with E-state index in [9.17, 15) is 9.59 Å².